The molecule has 2 aromatic rings. The number of aryl methyl sites for hydroxylation is 1. The van der Waals surface area contributed by atoms with Gasteiger partial charge in [-0.05, 0) is 43.2 Å². The number of hydrogen-bond acceptors (Lipinski definition) is 3. The van der Waals surface area contributed by atoms with Crippen LogP contribution in [-0.2, 0) is 0 Å². The van der Waals surface area contributed by atoms with Crippen LogP contribution in [-0.4, -0.2) is 42.6 Å². The molecule has 0 saturated carbocycles. The second kappa shape index (κ2) is 8.06. The van der Waals surface area contributed by atoms with Gasteiger partial charge in [-0.2, -0.15) is 0 Å². The van der Waals surface area contributed by atoms with Crippen molar-refractivity contribution in [1.29, 1.82) is 0 Å². The lowest BCUT2D eigenvalue weighted by Gasteiger charge is -2.23. The van der Waals surface area contributed by atoms with Gasteiger partial charge in [0.05, 0.1) is 0 Å². The molecule has 4 heteroatoms. The predicted molar refractivity (Wildman–Crippen MR) is 97.7 cm³/mol. The normalized spacial score (nSPS) is 16.5. The first-order valence-electron chi connectivity index (χ1n) is 8.53. The van der Waals surface area contributed by atoms with Crippen LogP contribution in [0.4, 0.5) is 10.1 Å². The highest BCUT2D eigenvalue weighted by Gasteiger charge is 2.14. The van der Waals surface area contributed by atoms with Crippen molar-refractivity contribution in [3.8, 4) is 0 Å². The number of anilines is 1. The molecule has 1 aliphatic rings. The first kappa shape index (κ1) is 16.7. The van der Waals surface area contributed by atoms with Gasteiger partial charge < -0.3 is 4.90 Å². The van der Waals surface area contributed by atoms with Gasteiger partial charge in [0.2, 0.25) is 0 Å². The summed E-state index contributed by atoms with van der Waals surface area (Å²) in [6.45, 7) is 7.24. The highest BCUT2D eigenvalue weighted by molar-refractivity contribution is 5.49. The van der Waals surface area contributed by atoms with E-state index in [1.165, 1.54) is 17.8 Å². The molecule has 0 N–H and O–H groups in total. The number of benzene rings is 1. The maximum atomic E-state index is 12.9. The van der Waals surface area contributed by atoms with E-state index in [9.17, 15) is 4.39 Å². The average molecular weight is 325 g/mol. The molecule has 0 atom stereocenters. The van der Waals surface area contributed by atoms with Gasteiger partial charge in [-0.15, -0.1) is 0 Å². The van der Waals surface area contributed by atoms with Crippen molar-refractivity contribution in [3.05, 3.63) is 65.7 Å². The van der Waals surface area contributed by atoms with Crippen LogP contribution in [0.1, 0.15) is 17.7 Å². The molecule has 1 fully saturated rings. The Hall–Kier alpha value is -2.20. The number of aromatic nitrogens is 1. The Labute approximate surface area is 143 Å². The fourth-order valence-electron chi connectivity index (χ4n) is 3.05. The minimum absolute atomic E-state index is 0.189. The summed E-state index contributed by atoms with van der Waals surface area (Å²) in [6.07, 6.45) is 7.28. The van der Waals surface area contributed by atoms with E-state index in [0.29, 0.717) is 0 Å². The quantitative estimate of drug-likeness (QED) is 0.853. The molecule has 2 heterocycles. The van der Waals surface area contributed by atoms with E-state index in [-0.39, 0.29) is 5.82 Å². The van der Waals surface area contributed by atoms with Gasteiger partial charge in [-0.25, -0.2) is 4.39 Å². The Kier molecular flexibility index (Phi) is 5.59. The highest BCUT2D eigenvalue weighted by atomic mass is 19.1. The smallest absolute Gasteiger partial charge is 0.123 e. The standard InChI is InChI=1S/C20H24FN3/c1-17-16-20(9-10-22-17)24-13-3-12-23(14-15-24)11-2-4-18-5-7-19(21)8-6-18/h2,4-10,16H,3,11-15H2,1H3/b4-2+. The van der Waals surface area contributed by atoms with Gasteiger partial charge in [0.15, 0.2) is 0 Å². The third kappa shape index (κ3) is 4.65. The lowest BCUT2D eigenvalue weighted by molar-refractivity contribution is 0.326. The zero-order chi connectivity index (χ0) is 16.8. The van der Waals surface area contributed by atoms with Crippen LogP contribution in [0.25, 0.3) is 6.08 Å². The van der Waals surface area contributed by atoms with Gasteiger partial charge in [0.1, 0.15) is 5.82 Å². The minimum Gasteiger partial charge on any atom is -0.370 e. The highest BCUT2D eigenvalue weighted by Crippen LogP contribution is 2.16. The molecule has 0 radical (unpaired) electrons. The van der Waals surface area contributed by atoms with Crippen molar-refractivity contribution >= 4 is 11.8 Å². The molecule has 3 nitrogen and oxygen atoms in total. The molecule has 1 aromatic carbocycles. The van der Waals surface area contributed by atoms with E-state index in [1.807, 2.05) is 25.3 Å². The summed E-state index contributed by atoms with van der Waals surface area (Å²) < 4.78 is 12.9. The van der Waals surface area contributed by atoms with E-state index >= 15 is 0 Å². The number of rotatable bonds is 4. The summed E-state index contributed by atoms with van der Waals surface area (Å²) in [5, 5.41) is 0. The van der Waals surface area contributed by atoms with Gasteiger partial charge in [0.25, 0.3) is 0 Å². The molecule has 1 aromatic heterocycles. The average Bonchev–Trinajstić information content (AvgIpc) is 2.82. The first-order chi connectivity index (χ1) is 11.7. The number of pyridine rings is 1. The zero-order valence-electron chi connectivity index (χ0n) is 14.2. The van der Waals surface area contributed by atoms with Crippen LogP contribution in [0.3, 0.4) is 0 Å². The summed E-state index contributed by atoms with van der Waals surface area (Å²) in [6, 6.07) is 10.9. The largest absolute Gasteiger partial charge is 0.370 e. The number of halogens is 1. The molecular weight excluding hydrogens is 301 g/mol. The zero-order valence-corrected chi connectivity index (χ0v) is 14.2. The molecule has 24 heavy (non-hydrogen) atoms. The monoisotopic (exact) mass is 325 g/mol. The number of hydrogen-bond donors (Lipinski definition) is 0. The first-order valence-corrected chi connectivity index (χ1v) is 8.53. The van der Waals surface area contributed by atoms with E-state index in [1.54, 1.807) is 0 Å². The molecule has 0 aliphatic carbocycles. The lowest BCUT2D eigenvalue weighted by atomic mass is 10.2. The van der Waals surface area contributed by atoms with E-state index < -0.39 is 0 Å². The molecule has 0 spiro atoms. The van der Waals surface area contributed by atoms with Crippen LogP contribution in [0, 0.1) is 12.7 Å². The summed E-state index contributed by atoms with van der Waals surface area (Å²) in [5.74, 6) is -0.189. The fourth-order valence-corrected chi connectivity index (χ4v) is 3.05. The summed E-state index contributed by atoms with van der Waals surface area (Å²) in [4.78, 5) is 9.19. The van der Waals surface area contributed by atoms with E-state index in [2.05, 4.69) is 39.1 Å². The van der Waals surface area contributed by atoms with Crippen molar-refractivity contribution in [2.24, 2.45) is 0 Å². The molecule has 126 valence electrons. The molecular formula is C20H24FN3. The summed E-state index contributed by atoms with van der Waals surface area (Å²) >= 11 is 0. The SMILES string of the molecule is Cc1cc(N2CCCN(C/C=C/c3ccc(F)cc3)CC2)ccn1. The van der Waals surface area contributed by atoms with Crippen molar-refractivity contribution in [1.82, 2.24) is 9.88 Å². The van der Waals surface area contributed by atoms with Crippen LogP contribution in [0.15, 0.2) is 48.7 Å². The van der Waals surface area contributed by atoms with E-state index in [4.69, 9.17) is 0 Å². The maximum absolute atomic E-state index is 12.9. The van der Waals surface area contributed by atoms with Crippen LogP contribution < -0.4 is 4.90 Å². The Bertz CT molecular complexity index is 682. The molecule has 0 bridgehead atoms. The van der Waals surface area contributed by atoms with Crippen molar-refractivity contribution in [2.75, 3.05) is 37.6 Å². The minimum atomic E-state index is -0.189. The Morgan fingerprint density at radius 3 is 2.71 bits per heavy atom. The third-order valence-electron chi connectivity index (χ3n) is 4.38. The Morgan fingerprint density at radius 1 is 1.08 bits per heavy atom. The van der Waals surface area contributed by atoms with Crippen molar-refractivity contribution in [2.45, 2.75) is 13.3 Å². The Morgan fingerprint density at radius 2 is 1.92 bits per heavy atom. The summed E-state index contributed by atoms with van der Waals surface area (Å²) in [5.41, 5.74) is 3.38. The predicted octanol–water partition coefficient (Wildman–Crippen LogP) is 3.75. The van der Waals surface area contributed by atoms with Crippen molar-refractivity contribution < 1.29 is 4.39 Å². The van der Waals surface area contributed by atoms with E-state index in [0.717, 1.165) is 50.4 Å². The third-order valence-corrected chi connectivity index (χ3v) is 4.38. The second-order valence-electron chi connectivity index (χ2n) is 6.25. The van der Waals surface area contributed by atoms with Crippen LogP contribution in [0.5, 0.6) is 0 Å². The van der Waals surface area contributed by atoms with Crippen LogP contribution >= 0.6 is 0 Å². The molecule has 0 unspecified atom stereocenters. The molecule has 1 saturated heterocycles. The van der Waals surface area contributed by atoms with Gasteiger partial charge in [-0.1, -0.05) is 24.3 Å². The van der Waals surface area contributed by atoms with Crippen LogP contribution in [0.2, 0.25) is 0 Å². The lowest BCUT2D eigenvalue weighted by Crippen LogP contribution is -2.30. The van der Waals surface area contributed by atoms with Gasteiger partial charge in [-0.3, -0.25) is 9.88 Å². The molecule has 1 aliphatic heterocycles. The van der Waals surface area contributed by atoms with Gasteiger partial charge >= 0.3 is 0 Å². The molecule has 0 amide bonds. The van der Waals surface area contributed by atoms with Crippen molar-refractivity contribution in [3.63, 3.8) is 0 Å². The second-order valence-corrected chi connectivity index (χ2v) is 6.25. The topological polar surface area (TPSA) is 19.4 Å². The molecule has 3 rings (SSSR count). The van der Waals surface area contributed by atoms with Gasteiger partial charge in [0, 0.05) is 50.3 Å². The summed E-state index contributed by atoms with van der Waals surface area (Å²) in [7, 11) is 0. The maximum Gasteiger partial charge on any atom is 0.123 e. The fraction of sp³-hybridized carbons (Fsp3) is 0.350. The Balaban J connectivity index is 1.53. The number of nitrogens with zero attached hydrogens (tertiary/aromatic N) is 3.